The minimum atomic E-state index is -4.41. The molecular weight excluding hydrogens is 247 g/mol. The molecule has 0 radical (unpaired) electrons. The lowest BCUT2D eigenvalue weighted by molar-refractivity contribution is -0.137. The first kappa shape index (κ1) is 12.6. The van der Waals surface area contributed by atoms with Gasteiger partial charge in [0.05, 0.1) is 11.3 Å². The van der Waals surface area contributed by atoms with E-state index in [0.717, 1.165) is 12.1 Å². The van der Waals surface area contributed by atoms with Crippen molar-refractivity contribution in [2.45, 2.75) is 19.7 Å². The Hall–Kier alpha value is -1.82. The Kier molecular flexibility index (Phi) is 3.13. The Morgan fingerprint density at radius 2 is 2.06 bits per heavy atom. The predicted molar refractivity (Wildman–Crippen MR) is 57.6 cm³/mol. The molecule has 3 nitrogen and oxygen atoms in total. The molecule has 96 valence electrons. The molecule has 1 aromatic carbocycles. The largest absolute Gasteiger partial charge is 0.438 e. The molecule has 0 aliphatic heterocycles. The number of aryl methyl sites for hydroxylation is 1. The zero-order valence-electron chi connectivity index (χ0n) is 9.45. The highest BCUT2D eigenvalue weighted by atomic mass is 19.4. The van der Waals surface area contributed by atoms with E-state index in [2.05, 4.69) is 4.98 Å². The number of rotatable bonds is 2. The monoisotopic (exact) mass is 257 g/mol. The molecule has 0 unspecified atom stereocenters. The lowest BCUT2D eigenvalue weighted by Gasteiger charge is -2.06. The van der Waals surface area contributed by atoms with E-state index in [1.165, 1.54) is 12.1 Å². The fourth-order valence-electron chi connectivity index (χ4n) is 1.53. The van der Waals surface area contributed by atoms with Gasteiger partial charge in [-0.05, 0) is 25.1 Å². The van der Waals surface area contributed by atoms with Crippen LogP contribution in [0.3, 0.4) is 0 Å². The van der Waals surface area contributed by atoms with Crippen LogP contribution in [0.5, 0.6) is 0 Å². The second kappa shape index (κ2) is 4.45. The van der Waals surface area contributed by atoms with Gasteiger partial charge in [0.2, 0.25) is 5.89 Å². The summed E-state index contributed by atoms with van der Waals surface area (Å²) in [5.74, 6) is 0.324. The maximum atomic E-state index is 12.5. The van der Waals surface area contributed by atoms with E-state index < -0.39 is 11.7 Å². The first-order chi connectivity index (χ1) is 8.41. The fourth-order valence-corrected chi connectivity index (χ4v) is 1.53. The summed E-state index contributed by atoms with van der Waals surface area (Å²) in [5.41, 5.74) is -0.0704. The van der Waals surface area contributed by atoms with Crippen molar-refractivity contribution in [2.24, 2.45) is 0 Å². The molecule has 0 atom stereocenters. The van der Waals surface area contributed by atoms with Crippen LogP contribution >= 0.6 is 0 Å². The summed E-state index contributed by atoms with van der Waals surface area (Å²) in [6.45, 7) is 1.28. The van der Waals surface area contributed by atoms with Crippen LogP contribution in [0.4, 0.5) is 13.2 Å². The van der Waals surface area contributed by atoms with Crippen molar-refractivity contribution in [3.8, 4) is 11.5 Å². The summed E-state index contributed by atoms with van der Waals surface area (Å²) in [5, 5.41) is 8.95. The third kappa shape index (κ3) is 2.38. The molecule has 0 aliphatic rings. The number of nitrogens with zero attached hydrogens (tertiary/aromatic N) is 1. The summed E-state index contributed by atoms with van der Waals surface area (Å²) in [6.07, 6.45) is -4.41. The molecule has 2 rings (SSSR count). The molecular formula is C12H10F3NO2. The van der Waals surface area contributed by atoms with Crippen LogP contribution in [0.2, 0.25) is 0 Å². The van der Waals surface area contributed by atoms with E-state index in [1.807, 2.05) is 0 Å². The molecule has 0 aliphatic carbocycles. The van der Waals surface area contributed by atoms with Crippen LogP contribution in [0.25, 0.3) is 11.5 Å². The van der Waals surface area contributed by atoms with Crippen molar-refractivity contribution in [3.05, 3.63) is 41.3 Å². The number of benzene rings is 1. The molecule has 6 heteroatoms. The molecule has 0 amide bonds. The number of oxazole rings is 1. The molecule has 2 aromatic rings. The molecule has 18 heavy (non-hydrogen) atoms. The highest BCUT2D eigenvalue weighted by Crippen LogP contribution is 2.32. The van der Waals surface area contributed by atoms with Gasteiger partial charge in [0.25, 0.3) is 0 Å². The molecule has 0 fully saturated rings. The van der Waals surface area contributed by atoms with Gasteiger partial charge in [-0.25, -0.2) is 4.98 Å². The minimum Gasteiger partial charge on any atom is -0.438 e. The minimum absolute atomic E-state index is 0.0719. The SMILES string of the molecule is Cc1nc(-c2cccc(C(F)(F)F)c2)oc1CO. The molecule has 0 bridgehead atoms. The smallest absolute Gasteiger partial charge is 0.416 e. The molecule has 0 saturated carbocycles. The number of aromatic nitrogens is 1. The maximum Gasteiger partial charge on any atom is 0.416 e. The first-order valence-corrected chi connectivity index (χ1v) is 5.16. The lowest BCUT2D eigenvalue weighted by Crippen LogP contribution is -2.04. The van der Waals surface area contributed by atoms with Crippen LogP contribution < -0.4 is 0 Å². The van der Waals surface area contributed by atoms with Gasteiger partial charge in [-0.3, -0.25) is 0 Å². The third-order valence-electron chi connectivity index (χ3n) is 2.47. The zero-order valence-corrected chi connectivity index (χ0v) is 9.45. The van der Waals surface area contributed by atoms with Gasteiger partial charge >= 0.3 is 6.18 Å². The normalized spacial score (nSPS) is 11.8. The van der Waals surface area contributed by atoms with Crippen LogP contribution in [0, 0.1) is 6.92 Å². The van der Waals surface area contributed by atoms with Crippen molar-refractivity contribution in [3.63, 3.8) is 0 Å². The van der Waals surface area contributed by atoms with Crippen molar-refractivity contribution in [1.82, 2.24) is 4.98 Å². The van der Waals surface area contributed by atoms with Gasteiger partial charge in [0.1, 0.15) is 6.61 Å². The number of halogens is 3. The average Bonchev–Trinajstić information content (AvgIpc) is 2.70. The number of aliphatic hydroxyl groups excluding tert-OH is 1. The maximum absolute atomic E-state index is 12.5. The highest BCUT2D eigenvalue weighted by molar-refractivity contribution is 5.55. The molecule has 1 heterocycles. The zero-order chi connectivity index (χ0) is 13.3. The standard InChI is InChI=1S/C12H10F3NO2/c1-7-10(6-17)18-11(16-7)8-3-2-4-9(5-8)12(13,14)15/h2-5,17H,6H2,1H3. The lowest BCUT2D eigenvalue weighted by atomic mass is 10.1. The quantitative estimate of drug-likeness (QED) is 0.898. The van der Waals surface area contributed by atoms with Crippen LogP contribution in [-0.4, -0.2) is 10.1 Å². The molecule has 1 aromatic heterocycles. The highest BCUT2D eigenvalue weighted by Gasteiger charge is 2.30. The summed E-state index contributed by atoms with van der Waals surface area (Å²) in [7, 11) is 0. The number of alkyl halides is 3. The summed E-state index contributed by atoms with van der Waals surface area (Å²) in [6, 6.07) is 4.71. The van der Waals surface area contributed by atoms with Crippen LogP contribution in [-0.2, 0) is 12.8 Å². The van der Waals surface area contributed by atoms with Crippen LogP contribution in [0.15, 0.2) is 28.7 Å². The second-order valence-corrected chi connectivity index (χ2v) is 3.76. The van der Waals surface area contributed by atoms with Gasteiger partial charge in [0, 0.05) is 5.56 Å². The van der Waals surface area contributed by atoms with Gasteiger partial charge in [-0.15, -0.1) is 0 Å². The second-order valence-electron chi connectivity index (χ2n) is 3.76. The van der Waals surface area contributed by atoms with Gasteiger partial charge in [-0.2, -0.15) is 13.2 Å². The Bertz CT molecular complexity index is 561. The van der Waals surface area contributed by atoms with E-state index in [-0.39, 0.29) is 23.8 Å². The number of hydrogen-bond acceptors (Lipinski definition) is 3. The summed E-state index contributed by atoms with van der Waals surface area (Å²) >= 11 is 0. The van der Waals surface area contributed by atoms with E-state index in [0.29, 0.717) is 5.69 Å². The average molecular weight is 257 g/mol. The van der Waals surface area contributed by atoms with E-state index in [4.69, 9.17) is 9.52 Å². The Balaban J connectivity index is 2.44. The van der Waals surface area contributed by atoms with Crippen molar-refractivity contribution < 1.29 is 22.7 Å². The molecule has 0 saturated heterocycles. The van der Waals surface area contributed by atoms with Gasteiger partial charge in [0.15, 0.2) is 5.76 Å². The number of hydrogen-bond donors (Lipinski definition) is 1. The van der Waals surface area contributed by atoms with E-state index in [1.54, 1.807) is 6.92 Å². The first-order valence-electron chi connectivity index (χ1n) is 5.16. The van der Waals surface area contributed by atoms with Gasteiger partial charge < -0.3 is 9.52 Å². The van der Waals surface area contributed by atoms with Crippen molar-refractivity contribution in [2.75, 3.05) is 0 Å². The third-order valence-corrected chi connectivity index (χ3v) is 2.47. The predicted octanol–water partition coefficient (Wildman–Crippen LogP) is 3.16. The van der Waals surface area contributed by atoms with E-state index in [9.17, 15) is 13.2 Å². The van der Waals surface area contributed by atoms with Crippen molar-refractivity contribution in [1.29, 1.82) is 0 Å². The summed E-state index contributed by atoms with van der Waals surface area (Å²) in [4.78, 5) is 3.98. The topological polar surface area (TPSA) is 46.3 Å². The molecule has 1 N–H and O–H groups in total. The Labute approximate surface area is 101 Å². The van der Waals surface area contributed by atoms with Crippen LogP contribution in [0.1, 0.15) is 17.0 Å². The summed E-state index contributed by atoms with van der Waals surface area (Å²) < 4.78 is 42.8. The number of aliphatic hydroxyl groups is 1. The fraction of sp³-hybridized carbons (Fsp3) is 0.250. The molecule has 0 spiro atoms. The van der Waals surface area contributed by atoms with Crippen molar-refractivity contribution >= 4 is 0 Å². The van der Waals surface area contributed by atoms with Gasteiger partial charge in [-0.1, -0.05) is 6.07 Å². The Morgan fingerprint density at radius 3 is 2.61 bits per heavy atom. The van der Waals surface area contributed by atoms with E-state index >= 15 is 0 Å². The Morgan fingerprint density at radius 1 is 1.33 bits per heavy atom.